The smallest absolute Gasteiger partial charge is 0.407 e. The first-order chi connectivity index (χ1) is 28.1. The maximum absolute atomic E-state index is 13.6. The Morgan fingerprint density at radius 3 is 1.60 bits per heavy atom. The van der Waals surface area contributed by atoms with Crippen LogP contribution < -0.4 is 16.0 Å². The van der Waals surface area contributed by atoms with Crippen LogP contribution in [0.5, 0.6) is 0 Å². The molecular weight excluding hydrogens is 730 g/mol. The van der Waals surface area contributed by atoms with Gasteiger partial charge in [0.25, 0.3) is 0 Å². The number of carbonyl (C=O) groups is 2. The van der Waals surface area contributed by atoms with Crippen LogP contribution in [0, 0.1) is 5.82 Å². The van der Waals surface area contributed by atoms with Crippen LogP contribution in [0.4, 0.5) is 9.18 Å². The van der Waals surface area contributed by atoms with Gasteiger partial charge in [0.15, 0.2) is 0 Å². The Bertz CT molecular complexity index is 1080. The summed E-state index contributed by atoms with van der Waals surface area (Å²) in [5, 5.41) is 9.34. The van der Waals surface area contributed by atoms with Gasteiger partial charge in [-0.3, -0.25) is 4.79 Å². The van der Waals surface area contributed by atoms with E-state index in [4.69, 9.17) is 14.2 Å². The zero-order valence-electron chi connectivity index (χ0n) is 38.2. The molecule has 0 saturated heterocycles. The molecule has 0 aliphatic heterocycles. The number of ether oxygens (including phenoxy) is 3. The molecule has 0 aliphatic carbocycles. The van der Waals surface area contributed by atoms with Crippen molar-refractivity contribution in [2.24, 2.45) is 0 Å². The van der Waals surface area contributed by atoms with Crippen molar-refractivity contribution in [2.75, 3.05) is 32.9 Å². The standard InChI is InChI=1S/C49H90FN3O5/c1-6-8-10-12-14-16-18-20-22-24-26-30-38-56-42-45(57-39-31-27-25-23-21-19-17-15-13-11-9-7-2)41-53-47(54)46(52-40-43-33-35-44(50)36-34-43)32-28-29-37-51-48(55)58-49(3,4)5/h33-36,45-46,52H,6-32,37-42H2,1-5H3,(H,51,55)(H,53,54)/t45?,46-/m0/s1. The van der Waals surface area contributed by atoms with Crippen molar-refractivity contribution in [3.63, 3.8) is 0 Å². The minimum atomic E-state index is -0.552. The molecule has 0 bridgehead atoms. The first-order valence-electron chi connectivity index (χ1n) is 24.1. The highest BCUT2D eigenvalue weighted by Crippen LogP contribution is 2.14. The Labute approximate surface area is 356 Å². The highest BCUT2D eigenvalue weighted by molar-refractivity contribution is 5.81. The fourth-order valence-corrected chi connectivity index (χ4v) is 7.10. The maximum Gasteiger partial charge on any atom is 0.407 e. The van der Waals surface area contributed by atoms with E-state index in [1.165, 1.54) is 147 Å². The number of hydrogen-bond donors (Lipinski definition) is 3. The van der Waals surface area contributed by atoms with Crippen molar-refractivity contribution in [1.82, 2.24) is 16.0 Å². The average Bonchev–Trinajstić information content (AvgIpc) is 3.19. The van der Waals surface area contributed by atoms with Crippen LogP contribution in [0.3, 0.4) is 0 Å². The maximum atomic E-state index is 13.6. The van der Waals surface area contributed by atoms with E-state index < -0.39 is 17.7 Å². The molecular formula is C49H90FN3O5. The lowest BCUT2D eigenvalue weighted by molar-refractivity contribution is -0.124. The molecule has 0 radical (unpaired) electrons. The van der Waals surface area contributed by atoms with Gasteiger partial charge in [-0.15, -0.1) is 0 Å². The monoisotopic (exact) mass is 820 g/mol. The van der Waals surface area contributed by atoms with E-state index in [-0.39, 0.29) is 17.8 Å². The molecule has 0 fully saturated rings. The number of alkyl carbamates (subject to hydrolysis) is 1. The van der Waals surface area contributed by atoms with Crippen molar-refractivity contribution >= 4 is 12.0 Å². The van der Waals surface area contributed by atoms with Crippen molar-refractivity contribution in [2.45, 2.75) is 232 Å². The summed E-state index contributed by atoms with van der Waals surface area (Å²) in [4.78, 5) is 25.7. The Balaban J connectivity index is 2.57. The second kappa shape index (κ2) is 37.7. The van der Waals surface area contributed by atoms with Gasteiger partial charge >= 0.3 is 6.09 Å². The lowest BCUT2D eigenvalue weighted by Gasteiger charge is -2.22. The van der Waals surface area contributed by atoms with E-state index in [0.717, 1.165) is 31.2 Å². The molecule has 1 aromatic carbocycles. The summed E-state index contributed by atoms with van der Waals surface area (Å²) < 4.78 is 31.3. The number of nitrogens with one attached hydrogen (secondary N) is 3. The van der Waals surface area contributed by atoms with Crippen LogP contribution in [0.2, 0.25) is 0 Å². The number of carbonyl (C=O) groups excluding carboxylic acids is 2. The van der Waals surface area contributed by atoms with E-state index in [1.54, 1.807) is 12.1 Å². The van der Waals surface area contributed by atoms with E-state index in [0.29, 0.717) is 52.3 Å². The second-order valence-corrected chi connectivity index (χ2v) is 17.6. The first-order valence-corrected chi connectivity index (χ1v) is 24.1. The fourth-order valence-electron chi connectivity index (χ4n) is 7.10. The summed E-state index contributed by atoms with van der Waals surface area (Å²) in [6, 6.07) is 5.88. The van der Waals surface area contributed by atoms with Crippen molar-refractivity contribution in [3.8, 4) is 0 Å². The minimum absolute atomic E-state index is 0.0952. The number of rotatable bonds is 40. The third-order valence-corrected chi connectivity index (χ3v) is 10.7. The fraction of sp³-hybridized carbons (Fsp3) is 0.837. The van der Waals surface area contributed by atoms with Gasteiger partial charge < -0.3 is 30.2 Å². The van der Waals surface area contributed by atoms with Crippen molar-refractivity contribution < 1.29 is 28.2 Å². The van der Waals surface area contributed by atoms with Crippen LogP contribution in [-0.4, -0.2) is 62.7 Å². The summed E-state index contributed by atoms with van der Waals surface area (Å²) in [7, 11) is 0. The number of benzene rings is 1. The largest absolute Gasteiger partial charge is 0.444 e. The predicted octanol–water partition coefficient (Wildman–Crippen LogP) is 12.9. The molecule has 0 saturated carbocycles. The quantitative estimate of drug-likeness (QED) is 0.0571. The highest BCUT2D eigenvalue weighted by atomic mass is 19.1. The Morgan fingerprint density at radius 1 is 0.621 bits per heavy atom. The molecule has 8 nitrogen and oxygen atoms in total. The molecule has 3 N–H and O–H groups in total. The van der Waals surface area contributed by atoms with Gasteiger partial charge in [0, 0.05) is 32.8 Å². The van der Waals surface area contributed by atoms with E-state index >= 15 is 0 Å². The third kappa shape index (κ3) is 34.6. The lowest BCUT2D eigenvalue weighted by atomic mass is 10.1. The molecule has 2 amide bonds. The number of amides is 2. The number of halogens is 1. The van der Waals surface area contributed by atoms with Crippen LogP contribution >= 0.6 is 0 Å². The van der Waals surface area contributed by atoms with Gasteiger partial charge in [0.1, 0.15) is 11.4 Å². The van der Waals surface area contributed by atoms with Gasteiger partial charge in [0.2, 0.25) is 5.91 Å². The molecule has 0 heterocycles. The molecule has 1 aromatic rings. The SMILES string of the molecule is CCCCCCCCCCCCCCOCC(CNC(=O)[C@H](CCCCNC(=O)OC(C)(C)C)NCc1ccc(F)cc1)OCCCCCCCCCCCCCC. The summed E-state index contributed by atoms with van der Waals surface area (Å²) in [5.41, 5.74) is 0.351. The normalized spacial score (nSPS) is 12.7. The Kier molecular flexibility index (Phi) is 35.0. The highest BCUT2D eigenvalue weighted by Gasteiger charge is 2.20. The molecule has 0 aliphatic rings. The molecule has 2 atom stereocenters. The zero-order chi connectivity index (χ0) is 42.4. The summed E-state index contributed by atoms with van der Waals surface area (Å²) >= 11 is 0. The molecule has 1 rings (SSSR count). The molecule has 0 spiro atoms. The number of hydrogen-bond acceptors (Lipinski definition) is 6. The van der Waals surface area contributed by atoms with Crippen LogP contribution in [-0.2, 0) is 25.5 Å². The lowest BCUT2D eigenvalue weighted by Crippen LogP contribution is -2.47. The summed E-state index contributed by atoms with van der Waals surface area (Å²) in [6.45, 7) is 13.2. The molecule has 0 aromatic heterocycles. The topological polar surface area (TPSA) is 97.9 Å². The van der Waals surface area contributed by atoms with Crippen molar-refractivity contribution in [1.29, 1.82) is 0 Å². The molecule has 58 heavy (non-hydrogen) atoms. The Hall–Kier alpha value is -2.23. The molecule has 9 heteroatoms. The molecule has 338 valence electrons. The van der Waals surface area contributed by atoms with Gasteiger partial charge in [-0.2, -0.15) is 0 Å². The summed E-state index contributed by atoms with van der Waals surface area (Å²) in [6.07, 6.45) is 32.7. The van der Waals surface area contributed by atoms with Gasteiger partial charge in [0.05, 0.1) is 18.8 Å². The van der Waals surface area contributed by atoms with Gasteiger partial charge in [-0.05, 0) is 70.6 Å². The summed E-state index contributed by atoms with van der Waals surface area (Å²) in [5.74, 6) is -0.381. The van der Waals surface area contributed by atoms with Crippen LogP contribution in [0.15, 0.2) is 24.3 Å². The second-order valence-electron chi connectivity index (χ2n) is 17.6. The minimum Gasteiger partial charge on any atom is -0.444 e. The zero-order valence-corrected chi connectivity index (χ0v) is 38.2. The average molecular weight is 820 g/mol. The van der Waals surface area contributed by atoms with E-state index in [9.17, 15) is 14.0 Å². The number of unbranched alkanes of at least 4 members (excludes halogenated alkanes) is 23. The van der Waals surface area contributed by atoms with Crippen LogP contribution in [0.25, 0.3) is 0 Å². The van der Waals surface area contributed by atoms with Gasteiger partial charge in [-0.1, -0.05) is 167 Å². The van der Waals surface area contributed by atoms with Crippen LogP contribution in [0.1, 0.15) is 214 Å². The van der Waals surface area contributed by atoms with E-state index in [1.807, 2.05) is 20.8 Å². The predicted molar refractivity (Wildman–Crippen MR) is 241 cm³/mol. The first kappa shape index (κ1) is 53.8. The van der Waals surface area contributed by atoms with Gasteiger partial charge in [-0.25, -0.2) is 9.18 Å². The third-order valence-electron chi connectivity index (χ3n) is 10.7. The van der Waals surface area contributed by atoms with E-state index in [2.05, 4.69) is 29.8 Å². The van der Waals surface area contributed by atoms with Crippen molar-refractivity contribution in [3.05, 3.63) is 35.6 Å². The Morgan fingerprint density at radius 2 is 1.10 bits per heavy atom. The molecule has 1 unspecified atom stereocenters.